The van der Waals surface area contributed by atoms with Gasteiger partial charge in [-0.2, -0.15) is 0 Å². The number of methoxy groups -OCH3 is 2. The third-order valence-corrected chi connectivity index (χ3v) is 6.75. The van der Waals surface area contributed by atoms with Crippen LogP contribution >= 0.6 is 0 Å². The van der Waals surface area contributed by atoms with Gasteiger partial charge in [-0.15, -0.1) is 0 Å². The smallest absolute Gasteiger partial charge is 0.244 e. The highest BCUT2D eigenvalue weighted by molar-refractivity contribution is 6.02. The van der Waals surface area contributed by atoms with E-state index in [4.69, 9.17) is 18.6 Å². The summed E-state index contributed by atoms with van der Waals surface area (Å²) < 4.78 is 22.9. The maximum absolute atomic E-state index is 12.8. The minimum Gasteiger partial charge on any atom is -0.493 e. The van der Waals surface area contributed by atoms with Crippen LogP contribution in [-0.4, -0.2) is 32.8 Å². The fraction of sp³-hybridized carbons (Fsp3) is 0.414. The second kappa shape index (κ2) is 10.9. The Morgan fingerprint density at radius 1 is 1.11 bits per heavy atom. The molecule has 1 fully saturated rings. The molecule has 1 amide bonds. The number of allylic oxidation sites excluding steroid dienone is 1. The number of benzene rings is 2. The van der Waals surface area contributed by atoms with Crippen LogP contribution in [0, 0.1) is 6.92 Å². The van der Waals surface area contributed by atoms with E-state index >= 15 is 0 Å². The maximum Gasteiger partial charge on any atom is 0.244 e. The summed E-state index contributed by atoms with van der Waals surface area (Å²) in [4.78, 5) is 12.8. The van der Waals surface area contributed by atoms with Gasteiger partial charge in [0.1, 0.15) is 11.3 Å². The molecule has 2 aromatic carbocycles. The number of hydrogen-bond donors (Lipinski definition) is 1. The molecule has 1 saturated carbocycles. The Bertz CT molecular complexity index is 1230. The number of nitrogens with one attached hydrogen (secondary N) is 1. The van der Waals surface area contributed by atoms with Crippen LogP contribution in [0.25, 0.3) is 27.7 Å². The lowest BCUT2D eigenvalue weighted by atomic mass is 9.95. The van der Waals surface area contributed by atoms with Crippen molar-refractivity contribution < 1.29 is 23.4 Å². The topological polar surface area (TPSA) is 69.9 Å². The van der Waals surface area contributed by atoms with E-state index in [1.54, 1.807) is 26.6 Å². The van der Waals surface area contributed by atoms with Crippen molar-refractivity contribution in [3.8, 4) is 28.4 Å². The molecule has 0 spiro atoms. The number of aryl methyl sites for hydroxylation is 1. The van der Waals surface area contributed by atoms with Crippen molar-refractivity contribution in [3.05, 3.63) is 47.7 Å². The van der Waals surface area contributed by atoms with Crippen LogP contribution in [0.5, 0.6) is 17.2 Å². The van der Waals surface area contributed by atoms with Gasteiger partial charge in [-0.05, 0) is 62.9 Å². The molecule has 35 heavy (non-hydrogen) atoms. The predicted octanol–water partition coefficient (Wildman–Crippen LogP) is 6.68. The van der Waals surface area contributed by atoms with Crippen molar-refractivity contribution in [1.29, 1.82) is 0 Å². The first-order valence-corrected chi connectivity index (χ1v) is 12.4. The molecule has 0 aliphatic heterocycles. The highest BCUT2D eigenvalue weighted by Gasteiger charge is 2.21. The molecule has 186 valence electrons. The molecule has 0 atom stereocenters. The van der Waals surface area contributed by atoms with Gasteiger partial charge in [-0.1, -0.05) is 25.3 Å². The van der Waals surface area contributed by atoms with Crippen molar-refractivity contribution in [2.24, 2.45) is 0 Å². The number of hydrogen-bond acceptors (Lipinski definition) is 5. The van der Waals surface area contributed by atoms with Gasteiger partial charge in [0.25, 0.3) is 0 Å². The van der Waals surface area contributed by atoms with Crippen LogP contribution in [-0.2, 0) is 4.79 Å². The Morgan fingerprint density at radius 3 is 2.54 bits per heavy atom. The molecular weight excluding hydrogens is 442 g/mol. The lowest BCUT2D eigenvalue weighted by Gasteiger charge is -2.22. The molecule has 1 heterocycles. The quantitative estimate of drug-likeness (QED) is 0.367. The van der Waals surface area contributed by atoms with E-state index in [0.717, 1.165) is 57.4 Å². The van der Waals surface area contributed by atoms with E-state index in [0.29, 0.717) is 18.1 Å². The van der Waals surface area contributed by atoms with Crippen LogP contribution in [0.4, 0.5) is 0 Å². The van der Waals surface area contributed by atoms with Gasteiger partial charge in [-0.25, -0.2) is 0 Å². The number of carbonyl (C=O) groups excluding carboxylic acids is 1. The van der Waals surface area contributed by atoms with E-state index in [-0.39, 0.29) is 11.9 Å². The van der Waals surface area contributed by atoms with Crippen molar-refractivity contribution in [3.63, 3.8) is 0 Å². The Labute approximate surface area is 207 Å². The number of carbonyl (C=O) groups is 1. The summed E-state index contributed by atoms with van der Waals surface area (Å²) in [5, 5.41) is 4.13. The number of furan rings is 1. The highest BCUT2D eigenvalue weighted by atomic mass is 16.5. The van der Waals surface area contributed by atoms with Gasteiger partial charge in [0.15, 0.2) is 11.5 Å². The fourth-order valence-electron chi connectivity index (χ4n) is 4.93. The van der Waals surface area contributed by atoms with Crippen LogP contribution in [0.15, 0.2) is 41.0 Å². The van der Waals surface area contributed by atoms with E-state index in [1.165, 1.54) is 19.3 Å². The summed E-state index contributed by atoms with van der Waals surface area (Å²) in [7, 11) is 3.24. The molecule has 1 aliphatic rings. The second-order valence-corrected chi connectivity index (χ2v) is 9.08. The minimum atomic E-state index is -0.0538. The lowest BCUT2D eigenvalue weighted by Crippen LogP contribution is -2.35. The zero-order valence-corrected chi connectivity index (χ0v) is 21.3. The Morgan fingerprint density at radius 2 is 1.86 bits per heavy atom. The fourth-order valence-corrected chi connectivity index (χ4v) is 4.93. The van der Waals surface area contributed by atoms with Crippen LogP contribution in [0.2, 0.25) is 0 Å². The molecule has 0 bridgehead atoms. The van der Waals surface area contributed by atoms with Gasteiger partial charge >= 0.3 is 0 Å². The number of amides is 1. The monoisotopic (exact) mass is 477 g/mol. The van der Waals surface area contributed by atoms with Gasteiger partial charge in [-0.3, -0.25) is 4.79 Å². The number of rotatable bonds is 8. The number of ether oxygens (including phenoxy) is 3. The molecule has 0 saturated heterocycles. The average Bonchev–Trinajstić information content (AvgIpc) is 3.30. The zero-order valence-electron chi connectivity index (χ0n) is 21.3. The highest BCUT2D eigenvalue weighted by Crippen LogP contribution is 2.42. The first-order chi connectivity index (χ1) is 17.0. The van der Waals surface area contributed by atoms with Gasteiger partial charge in [0.2, 0.25) is 5.91 Å². The first-order valence-electron chi connectivity index (χ1n) is 12.4. The molecule has 1 aromatic heterocycles. The number of fused-ring (bicyclic) bond motifs is 1. The lowest BCUT2D eigenvalue weighted by molar-refractivity contribution is -0.117. The summed E-state index contributed by atoms with van der Waals surface area (Å²) in [5.74, 6) is 2.01. The molecule has 6 heteroatoms. The molecule has 3 aromatic rings. The third-order valence-electron chi connectivity index (χ3n) is 6.75. The summed E-state index contributed by atoms with van der Waals surface area (Å²) in [5.41, 5.74) is 5.30. The molecule has 1 N–H and O–H groups in total. The van der Waals surface area contributed by atoms with Crippen molar-refractivity contribution in [2.45, 2.75) is 58.9 Å². The van der Waals surface area contributed by atoms with E-state index in [9.17, 15) is 4.79 Å². The molecular formula is C29H35NO5. The minimum absolute atomic E-state index is 0.0538. The Balaban J connectivity index is 1.76. The van der Waals surface area contributed by atoms with Gasteiger partial charge in [0, 0.05) is 34.2 Å². The molecule has 0 unspecified atom stereocenters. The molecule has 6 nitrogen and oxygen atoms in total. The van der Waals surface area contributed by atoms with E-state index in [1.807, 2.05) is 39.0 Å². The van der Waals surface area contributed by atoms with Crippen LogP contribution in [0.1, 0.15) is 57.1 Å². The largest absolute Gasteiger partial charge is 0.493 e. The molecule has 4 rings (SSSR count). The van der Waals surface area contributed by atoms with Crippen LogP contribution in [0.3, 0.4) is 0 Å². The third kappa shape index (κ3) is 5.16. The standard InChI is InChI=1S/C29H35NO5/c1-6-34-28-19(3)29-23(24(17-35-29)20-12-13-25(32-4)26(15-20)33-5)16-22(28)18(2)14-27(31)30-21-10-8-7-9-11-21/h12-17,21H,6-11H2,1-5H3,(H,30,31)/b18-14+. The summed E-state index contributed by atoms with van der Waals surface area (Å²) in [6.45, 7) is 6.43. The normalized spacial score (nSPS) is 14.7. The summed E-state index contributed by atoms with van der Waals surface area (Å²) in [6, 6.07) is 8.13. The SMILES string of the molecule is CCOc1c(/C(C)=C/C(=O)NC2CCCCC2)cc2c(-c3ccc(OC)c(OC)c3)coc2c1C. The maximum atomic E-state index is 12.8. The van der Waals surface area contributed by atoms with E-state index < -0.39 is 0 Å². The average molecular weight is 478 g/mol. The predicted molar refractivity (Wildman–Crippen MR) is 139 cm³/mol. The molecule has 0 radical (unpaired) electrons. The molecule has 1 aliphatic carbocycles. The van der Waals surface area contributed by atoms with Gasteiger partial charge < -0.3 is 23.9 Å². The first kappa shape index (κ1) is 24.7. The summed E-state index contributed by atoms with van der Waals surface area (Å²) >= 11 is 0. The Hall–Kier alpha value is -3.41. The van der Waals surface area contributed by atoms with Gasteiger partial charge in [0.05, 0.1) is 27.1 Å². The van der Waals surface area contributed by atoms with Crippen molar-refractivity contribution in [1.82, 2.24) is 5.32 Å². The zero-order chi connectivity index (χ0) is 24.9. The summed E-state index contributed by atoms with van der Waals surface area (Å²) in [6.07, 6.45) is 9.16. The van der Waals surface area contributed by atoms with Crippen molar-refractivity contribution in [2.75, 3.05) is 20.8 Å². The van der Waals surface area contributed by atoms with Crippen LogP contribution < -0.4 is 19.5 Å². The van der Waals surface area contributed by atoms with Crippen molar-refractivity contribution >= 4 is 22.4 Å². The van der Waals surface area contributed by atoms with E-state index in [2.05, 4.69) is 11.4 Å². The second-order valence-electron chi connectivity index (χ2n) is 9.08. The Kier molecular flexibility index (Phi) is 7.69.